The first-order chi connectivity index (χ1) is 9.70. The predicted octanol–water partition coefficient (Wildman–Crippen LogP) is 3.16. The van der Waals surface area contributed by atoms with Gasteiger partial charge in [-0.15, -0.1) is 5.10 Å². The van der Waals surface area contributed by atoms with E-state index in [1.165, 1.54) is 0 Å². The topological polar surface area (TPSA) is 53.9 Å². The van der Waals surface area contributed by atoms with Crippen molar-refractivity contribution in [1.82, 2.24) is 15.2 Å². The van der Waals surface area contributed by atoms with Crippen LogP contribution in [0.2, 0.25) is 0 Å². The SMILES string of the molecule is CCCCN(C)c1cnnc(Nc2ccccc2C)n1. The number of rotatable bonds is 6. The summed E-state index contributed by atoms with van der Waals surface area (Å²) in [6, 6.07) is 8.05. The lowest BCUT2D eigenvalue weighted by Crippen LogP contribution is -2.20. The first kappa shape index (κ1) is 14.2. The first-order valence-corrected chi connectivity index (χ1v) is 6.94. The number of nitrogens with zero attached hydrogens (tertiary/aromatic N) is 4. The average Bonchev–Trinajstić information content (AvgIpc) is 2.47. The van der Waals surface area contributed by atoms with Crippen molar-refractivity contribution in [3.05, 3.63) is 36.0 Å². The molecule has 0 aliphatic heterocycles. The summed E-state index contributed by atoms with van der Waals surface area (Å²) >= 11 is 0. The van der Waals surface area contributed by atoms with Crippen molar-refractivity contribution in [2.45, 2.75) is 26.7 Å². The summed E-state index contributed by atoms with van der Waals surface area (Å²) in [7, 11) is 2.03. The number of hydrogen-bond acceptors (Lipinski definition) is 5. The molecular formula is C15H21N5. The van der Waals surface area contributed by atoms with Crippen LogP contribution in [-0.4, -0.2) is 28.8 Å². The van der Waals surface area contributed by atoms with Crippen LogP contribution in [0.3, 0.4) is 0 Å². The maximum atomic E-state index is 4.50. The Morgan fingerprint density at radius 2 is 2.05 bits per heavy atom. The van der Waals surface area contributed by atoms with Gasteiger partial charge in [0.25, 0.3) is 0 Å². The summed E-state index contributed by atoms with van der Waals surface area (Å²) in [5.41, 5.74) is 2.16. The molecule has 2 rings (SSSR count). The van der Waals surface area contributed by atoms with Gasteiger partial charge in [-0.25, -0.2) is 0 Å². The van der Waals surface area contributed by atoms with Crippen LogP contribution < -0.4 is 10.2 Å². The first-order valence-electron chi connectivity index (χ1n) is 6.94. The van der Waals surface area contributed by atoms with Crippen molar-refractivity contribution in [3.63, 3.8) is 0 Å². The molecular weight excluding hydrogens is 250 g/mol. The number of aromatic nitrogens is 3. The number of nitrogens with one attached hydrogen (secondary N) is 1. The number of anilines is 3. The molecule has 0 fully saturated rings. The van der Waals surface area contributed by atoms with E-state index < -0.39 is 0 Å². The van der Waals surface area contributed by atoms with E-state index in [4.69, 9.17) is 0 Å². The zero-order valence-electron chi connectivity index (χ0n) is 12.3. The molecule has 0 aliphatic carbocycles. The third-order valence-electron chi connectivity index (χ3n) is 3.18. The average molecular weight is 271 g/mol. The van der Waals surface area contributed by atoms with Crippen molar-refractivity contribution in [3.8, 4) is 0 Å². The molecule has 0 aliphatic rings. The van der Waals surface area contributed by atoms with Crippen molar-refractivity contribution in [1.29, 1.82) is 0 Å². The molecule has 0 unspecified atom stereocenters. The van der Waals surface area contributed by atoms with Gasteiger partial charge in [0.05, 0.1) is 6.20 Å². The minimum Gasteiger partial charge on any atom is -0.358 e. The molecule has 5 nitrogen and oxygen atoms in total. The molecule has 0 saturated carbocycles. The highest BCUT2D eigenvalue weighted by Crippen LogP contribution is 2.18. The quantitative estimate of drug-likeness (QED) is 0.874. The van der Waals surface area contributed by atoms with Crippen LogP contribution in [0.1, 0.15) is 25.3 Å². The Balaban J connectivity index is 2.12. The Hall–Kier alpha value is -2.17. The van der Waals surface area contributed by atoms with E-state index in [0.717, 1.165) is 36.5 Å². The van der Waals surface area contributed by atoms with Crippen LogP contribution in [0.25, 0.3) is 0 Å². The Morgan fingerprint density at radius 3 is 2.80 bits per heavy atom. The second-order valence-corrected chi connectivity index (χ2v) is 4.85. The molecule has 1 N–H and O–H groups in total. The number of unbranched alkanes of at least 4 members (excludes halogenated alkanes) is 1. The van der Waals surface area contributed by atoms with E-state index in [1.807, 2.05) is 38.2 Å². The minimum atomic E-state index is 0.528. The lowest BCUT2D eigenvalue weighted by molar-refractivity contribution is 0.754. The molecule has 1 aromatic heterocycles. The van der Waals surface area contributed by atoms with Crippen molar-refractivity contribution < 1.29 is 0 Å². The van der Waals surface area contributed by atoms with E-state index in [9.17, 15) is 0 Å². The fourth-order valence-corrected chi connectivity index (χ4v) is 1.88. The normalized spacial score (nSPS) is 10.3. The molecule has 0 bridgehead atoms. The smallest absolute Gasteiger partial charge is 0.249 e. The third kappa shape index (κ3) is 3.66. The van der Waals surface area contributed by atoms with Crippen LogP contribution in [0.4, 0.5) is 17.5 Å². The standard InChI is InChI=1S/C15H21N5/c1-4-5-10-20(3)14-11-16-19-15(18-14)17-13-9-7-6-8-12(13)2/h6-9,11H,4-5,10H2,1-3H3,(H,17,18,19). The van der Waals surface area contributed by atoms with Gasteiger partial charge < -0.3 is 10.2 Å². The number of benzene rings is 1. The van der Waals surface area contributed by atoms with Crippen LogP contribution in [0, 0.1) is 6.92 Å². The lowest BCUT2D eigenvalue weighted by Gasteiger charge is -2.17. The van der Waals surface area contributed by atoms with Gasteiger partial charge in [0.1, 0.15) is 0 Å². The molecule has 106 valence electrons. The van der Waals surface area contributed by atoms with E-state index in [2.05, 4.69) is 32.3 Å². The monoisotopic (exact) mass is 271 g/mol. The highest BCUT2D eigenvalue weighted by molar-refractivity contribution is 5.58. The van der Waals surface area contributed by atoms with Crippen LogP contribution in [-0.2, 0) is 0 Å². The fourth-order valence-electron chi connectivity index (χ4n) is 1.88. The van der Waals surface area contributed by atoms with Gasteiger partial charge in [0.2, 0.25) is 5.95 Å². The maximum Gasteiger partial charge on any atom is 0.249 e. The summed E-state index contributed by atoms with van der Waals surface area (Å²) < 4.78 is 0. The van der Waals surface area contributed by atoms with Gasteiger partial charge >= 0.3 is 0 Å². The van der Waals surface area contributed by atoms with Crippen molar-refractivity contribution >= 4 is 17.5 Å². The van der Waals surface area contributed by atoms with Gasteiger partial charge in [-0.2, -0.15) is 10.1 Å². The Kier molecular flexibility index (Phi) is 4.87. The molecule has 1 heterocycles. The summed E-state index contributed by atoms with van der Waals surface area (Å²) in [5.74, 6) is 1.37. The van der Waals surface area contributed by atoms with Crippen molar-refractivity contribution in [2.75, 3.05) is 23.8 Å². The maximum absolute atomic E-state index is 4.50. The molecule has 0 saturated heterocycles. The van der Waals surface area contributed by atoms with Gasteiger partial charge in [-0.1, -0.05) is 31.5 Å². The molecule has 5 heteroatoms. The number of para-hydroxylation sites is 1. The largest absolute Gasteiger partial charge is 0.358 e. The molecule has 0 atom stereocenters. The van der Waals surface area contributed by atoms with E-state index in [-0.39, 0.29) is 0 Å². The summed E-state index contributed by atoms with van der Waals surface area (Å²) in [4.78, 5) is 6.60. The van der Waals surface area contributed by atoms with E-state index in [0.29, 0.717) is 5.95 Å². The minimum absolute atomic E-state index is 0.528. The van der Waals surface area contributed by atoms with Gasteiger partial charge in [-0.3, -0.25) is 0 Å². The second kappa shape index (κ2) is 6.84. The Bertz CT molecular complexity index is 555. The van der Waals surface area contributed by atoms with E-state index >= 15 is 0 Å². The van der Waals surface area contributed by atoms with Gasteiger partial charge in [0.15, 0.2) is 5.82 Å². The lowest BCUT2D eigenvalue weighted by atomic mass is 10.2. The third-order valence-corrected chi connectivity index (χ3v) is 3.18. The van der Waals surface area contributed by atoms with Gasteiger partial charge in [-0.05, 0) is 25.0 Å². The second-order valence-electron chi connectivity index (χ2n) is 4.85. The molecule has 0 radical (unpaired) electrons. The highest BCUT2D eigenvalue weighted by atomic mass is 15.3. The van der Waals surface area contributed by atoms with Crippen LogP contribution in [0.15, 0.2) is 30.5 Å². The molecule has 0 amide bonds. The zero-order chi connectivity index (χ0) is 14.4. The summed E-state index contributed by atoms with van der Waals surface area (Å²) in [5, 5.41) is 11.3. The van der Waals surface area contributed by atoms with Crippen LogP contribution >= 0.6 is 0 Å². The van der Waals surface area contributed by atoms with Crippen LogP contribution in [0.5, 0.6) is 0 Å². The zero-order valence-corrected chi connectivity index (χ0v) is 12.3. The summed E-state index contributed by atoms with van der Waals surface area (Å²) in [6.07, 6.45) is 4.00. The molecule has 20 heavy (non-hydrogen) atoms. The van der Waals surface area contributed by atoms with Gasteiger partial charge in [0, 0.05) is 19.3 Å². The molecule has 0 spiro atoms. The van der Waals surface area contributed by atoms with E-state index in [1.54, 1.807) is 6.20 Å². The number of aryl methyl sites for hydroxylation is 1. The van der Waals surface area contributed by atoms with Crippen molar-refractivity contribution in [2.24, 2.45) is 0 Å². The predicted molar refractivity (Wildman–Crippen MR) is 82.5 cm³/mol. The molecule has 2 aromatic rings. The Morgan fingerprint density at radius 1 is 1.25 bits per heavy atom. The molecule has 1 aromatic carbocycles. The highest BCUT2D eigenvalue weighted by Gasteiger charge is 2.06. The summed E-state index contributed by atoms with van der Waals surface area (Å²) in [6.45, 7) is 5.20. The number of hydrogen-bond donors (Lipinski definition) is 1. The fraction of sp³-hybridized carbons (Fsp3) is 0.400. The Labute approximate surface area is 120 Å².